The molecular weight excluding hydrogens is 699 g/mol. The molecule has 0 heterocycles. The molecule has 3 atom stereocenters. The average Bonchev–Trinajstić information content (AvgIpc) is 2.53. The van der Waals surface area contributed by atoms with Crippen LogP contribution in [0.25, 0.3) is 0 Å². The molecule has 0 rings (SSSR count). The predicted molar refractivity (Wildman–Crippen MR) is 91.9 cm³/mol. The predicted octanol–water partition coefficient (Wildman–Crippen LogP) is 9.76. The van der Waals surface area contributed by atoms with Crippen LogP contribution in [-0.4, -0.2) is 52.3 Å². The molecule has 0 aliphatic heterocycles. The standard InChI is InChI=1S/C16H13F20I/c17-9(18,4-10(19,20)5-11(21,15(31,32)33)16(34,35)36)3-7(13(25,26)27)1-6(12(22,23)24)2-8(37)14(28,29)30/h6-8H,1-5H2. The van der Waals surface area contributed by atoms with Gasteiger partial charge in [0.25, 0.3) is 11.8 Å². The second-order valence-electron chi connectivity index (χ2n) is 8.02. The Morgan fingerprint density at radius 2 is 0.811 bits per heavy atom. The third-order valence-corrected chi connectivity index (χ3v) is 6.02. The Labute approximate surface area is 207 Å². The minimum atomic E-state index is -7.15. The molecule has 37 heavy (non-hydrogen) atoms. The van der Waals surface area contributed by atoms with E-state index in [1.165, 1.54) is 0 Å². The van der Waals surface area contributed by atoms with E-state index in [1.807, 2.05) is 0 Å². The lowest BCUT2D eigenvalue weighted by Crippen LogP contribution is -2.56. The zero-order chi connectivity index (χ0) is 30.3. The Bertz CT molecular complexity index is 709. The van der Waals surface area contributed by atoms with E-state index in [4.69, 9.17) is 0 Å². The van der Waals surface area contributed by atoms with Gasteiger partial charge in [0, 0.05) is 6.42 Å². The molecule has 0 amide bonds. The van der Waals surface area contributed by atoms with Crippen molar-refractivity contribution in [2.45, 2.75) is 84.4 Å². The molecule has 0 nitrogen and oxygen atoms in total. The smallest absolute Gasteiger partial charge is 0.223 e. The second-order valence-corrected chi connectivity index (χ2v) is 9.53. The highest BCUT2D eigenvalue weighted by Gasteiger charge is 2.75. The monoisotopic (exact) mass is 712 g/mol. The number of rotatable bonds is 10. The van der Waals surface area contributed by atoms with Gasteiger partial charge in [-0.2, -0.15) is 65.9 Å². The number of halogens is 21. The van der Waals surface area contributed by atoms with Gasteiger partial charge in [-0.15, -0.1) is 0 Å². The van der Waals surface area contributed by atoms with Gasteiger partial charge in [0.15, 0.2) is 0 Å². The van der Waals surface area contributed by atoms with Crippen LogP contribution in [0, 0.1) is 11.8 Å². The maximum atomic E-state index is 13.9. The van der Waals surface area contributed by atoms with E-state index in [2.05, 4.69) is 0 Å². The molecule has 0 fully saturated rings. The third-order valence-electron chi connectivity index (χ3n) is 4.80. The van der Waals surface area contributed by atoms with E-state index in [0.29, 0.717) is 22.6 Å². The van der Waals surface area contributed by atoms with Gasteiger partial charge < -0.3 is 0 Å². The fourth-order valence-corrected chi connectivity index (χ4v) is 3.63. The Morgan fingerprint density at radius 1 is 0.432 bits per heavy atom. The second kappa shape index (κ2) is 11.1. The Morgan fingerprint density at radius 3 is 1.11 bits per heavy atom. The average molecular weight is 712 g/mol. The Balaban J connectivity index is 6.03. The van der Waals surface area contributed by atoms with Gasteiger partial charge in [0.1, 0.15) is 3.92 Å². The van der Waals surface area contributed by atoms with Crippen molar-refractivity contribution in [2.24, 2.45) is 11.8 Å². The van der Waals surface area contributed by atoms with Gasteiger partial charge in [-0.25, -0.2) is 22.0 Å². The first-order valence-electron chi connectivity index (χ1n) is 9.17. The van der Waals surface area contributed by atoms with Crippen LogP contribution in [0.1, 0.15) is 32.1 Å². The summed E-state index contributed by atoms with van der Waals surface area (Å²) in [7, 11) is 0. The molecule has 0 aromatic rings. The van der Waals surface area contributed by atoms with Crippen molar-refractivity contribution < 1.29 is 87.8 Å². The molecule has 3 unspecified atom stereocenters. The third kappa shape index (κ3) is 10.8. The molecule has 0 spiro atoms. The normalized spacial score (nSPS) is 18.1. The van der Waals surface area contributed by atoms with Crippen molar-refractivity contribution in [3.63, 3.8) is 0 Å². The zero-order valence-electron chi connectivity index (χ0n) is 17.2. The maximum Gasteiger partial charge on any atom is 0.431 e. The summed E-state index contributed by atoms with van der Waals surface area (Å²) in [4.78, 5) is 0. The van der Waals surface area contributed by atoms with E-state index >= 15 is 0 Å². The van der Waals surface area contributed by atoms with E-state index < -0.39 is 96.3 Å². The van der Waals surface area contributed by atoms with Crippen molar-refractivity contribution in [3.8, 4) is 0 Å². The molecule has 0 bridgehead atoms. The summed E-state index contributed by atoms with van der Waals surface area (Å²) < 4.78 is 256. The minimum Gasteiger partial charge on any atom is -0.223 e. The van der Waals surface area contributed by atoms with Crippen LogP contribution < -0.4 is 0 Å². The van der Waals surface area contributed by atoms with Crippen LogP contribution in [0.5, 0.6) is 0 Å². The SMILES string of the molecule is FC(F)(CC(CC(CC(I)C(F)(F)F)C(F)(F)F)C(F)(F)F)CC(F)(F)CC(F)(C(F)(F)F)C(F)(F)F. The summed E-state index contributed by atoms with van der Waals surface area (Å²) in [6.07, 6.45) is -47.1. The fourth-order valence-electron chi connectivity index (χ4n) is 3.01. The molecule has 0 aliphatic rings. The molecule has 0 aromatic carbocycles. The summed E-state index contributed by atoms with van der Waals surface area (Å²) in [6.45, 7) is 0. The van der Waals surface area contributed by atoms with Gasteiger partial charge in [-0.3, -0.25) is 0 Å². The van der Waals surface area contributed by atoms with Gasteiger partial charge in [-0.05, 0) is 12.8 Å². The van der Waals surface area contributed by atoms with Crippen molar-refractivity contribution in [1.29, 1.82) is 0 Å². The lowest BCUT2D eigenvalue weighted by atomic mass is 9.84. The summed E-state index contributed by atoms with van der Waals surface area (Å²) in [6, 6.07) is 0. The molecular formula is C16H13F20I. The highest BCUT2D eigenvalue weighted by molar-refractivity contribution is 14.1. The summed E-state index contributed by atoms with van der Waals surface area (Å²) in [5.74, 6) is -19.2. The first-order chi connectivity index (χ1) is 15.8. The number of hydrogen-bond donors (Lipinski definition) is 0. The van der Waals surface area contributed by atoms with Gasteiger partial charge >= 0.3 is 36.6 Å². The van der Waals surface area contributed by atoms with Gasteiger partial charge in [-0.1, -0.05) is 22.6 Å². The summed E-state index contributed by atoms with van der Waals surface area (Å²) in [5, 5.41) is 0. The molecule has 0 radical (unpaired) electrons. The highest BCUT2D eigenvalue weighted by atomic mass is 127. The van der Waals surface area contributed by atoms with Gasteiger partial charge in [0.2, 0.25) is 0 Å². The molecule has 0 saturated carbocycles. The van der Waals surface area contributed by atoms with E-state index in [9.17, 15) is 87.8 Å². The topological polar surface area (TPSA) is 0 Å². The molecule has 21 heteroatoms. The van der Waals surface area contributed by atoms with E-state index in [1.54, 1.807) is 0 Å². The molecule has 224 valence electrons. The fraction of sp³-hybridized carbons (Fsp3) is 1.00. The number of hydrogen-bond acceptors (Lipinski definition) is 0. The van der Waals surface area contributed by atoms with Crippen LogP contribution in [0.4, 0.5) is 87.8 Å². The maximum absolute atomic E-state index is 13.9. The van der Waals surface area contributed by atoms with Crippen molar-refractivity contribution in [2.75, 3.05) is 0 Å². The van der Waals surface area contributed by atoms with Crippen LogP contribution in [-0.2, 0) is 0 Å². The molecule has 0 aromatic heterocycles. The van der Waals surface area contributed by atoms with E-state index in [-0.39, 0.29) is 0 Å². The van der Waals surface area contributed by atoms with Crippen LogP contribution in [0.2, 0.25) is 0 Å². The van der Waals surface area contributed by atoms with Gasteiger partial charge in [0.05, 0.1) is 24.7 Å². The lowest BCUT2D eigenvalue weighted by Gasteiger charge is -2.35. The summed E-state index contributed by atoms with van der Waals surface area (Å²) >= 11 is 0.369. The van der Waals surface area contributed by atoms with Crippen LogP contribution in [0.3, 0.4) is 0 Å². The van der Waals surface area contributed by atoms with E-state index in [0.717, 1.165) is 0 Å². The summed E-state index contributed by atoms with van der Waals surface area (Å²) in [5.41, 5.74) is -6.79. The van der Waals surface area contributed by atoms with Crippen molar-refractivity contribution in [1.82, 2.24) is 0 Å². The Kier molecular flexibility index (Phi) is 10.9. The molecule has 0 saturated heterocycles. The minimum absolute atomic E-state index is 0.369. The van der Waals surface area contributed by atoms with Crippen molar-refractivity contribution >= 4 is 22.6 Å². The Hall–Kier alpha value is -0.670. The number of alkyl halides is 21. The first kappa shape index (κ1) is 36.3. The zero-order valence-corrected chi connectivity index (χ0v) is 19.4. The quantitative estimate of drug-likeness (QED) is 0.120. The highest BCUT2D eigenvalue weighted by Crippen LogP contribution is 2.54. The largest absolute Gasteiger partial charge is 0.431 e. The molecule has 0 N–H and O–H groups in total. The first-order valence-corrected chi connectivity index (χ1v) is 10.4. The van der Waals surface area contributed by atoms with Crippen molar-refractivity contribution in [3.05, 3.63) is 0 Å². The van der Waals surface area contributed by atoms with Crippen LogP contribution >= 0.6 is 22.6 Å². The lowest BCUT2D eigenvalue weighted by molar-refractivity contribution is -0.356. The molecule has 0 aliphatic carbocycles. The van der Waals surface area contributed by atoms with Crippen LogP contribution in [0.15, 0.2) is 0 Å².